The van der Waals surface area contributed by atoms with Gasteiger partial charge in [-0.3, -0.25) is 0 Å². The molecule has 0 fully saturated rings. The van der Waals surface area contributed by atoms with Gasteiger partial charge in [0.25, 0.3) is 0 Å². The van der Waals surface area contributed by atoms with Crippen LogP contribution in [0.15, 0.2) is 18.3 Å². The number of hydrogen-bond donors (Lipinski definition) is 3. The lowest BCUT2D eigenvalue weighted by Crippen LogP contribution is -2.09. The Hall–Kier alpha value is -1.29. The van der Waals surface area contributed by atoms with E-state index in [9.17, 15) is 0 Å². The molecule has 0 amide bonds. The van der Waals surface area contributed by atoms with Crippen LogP contribution in [0.5, 0.6) is 0 Å². The summed E-state index contributed by atoms with van der Waals surface area (Å²) in [5.74, 6) is 5.99. The third-order valence-corrected chi connectivity index (χ3v) is 2.77. The summed E-state index contributed by atoms with van der Waals surface area (Å²) in [6.07, 6.45) is 9.66. The number of aromatic nitrogens is 1. The Morgan fingerprint density at radius 2 is 1.94 bits per heavy atom. The van der Waals surface area contributed by atoms with Gasteiger partial charge in [-0.25, -0.2) is 10.8 Å². The SMILES string of the molecule is CCCCCCCCNc1ccnc(NN)c1. The number of nitrogens with one attached hydrogen (secondary N) is 2. The van der Waals surface area contributed by atoms with E-state index in [1.54, 1.807) is 6.20 Å². The summed E-state index contributed by atoms with van der Waals surface area (Å²) in [5.41, 5.74) is 3.61. The minimum Gasteiger partial charge on any atom is -0.385 e. The summed E-state index contributed by atoms with van der Waals surface area (Å²) < 4.78 is 0. The first-order valence-corrected chi connectivity index (χ1v) is 6.53. The van der Waals surface area contributed by atoms with Gasteiger partial charge in [-0.05, 0) is 12.5 Å². The van der Waals surface area contributed by atoms with E-state index in [-0.39, 0.29) is 0 Å². The van der Waals surface area contributed by atoms with Gasteiger partial charge in [0.2, 0.25) is 0 Å². The van der Waals surface area contributed by atoms with Gasteiger partial charge in [0.05, 0.1) is 0 Å². The predicted octanol–water partition coefficient (Wildman–Crippen LogP) is 3.14. The molecule has 0 aliphatic rings. The molecule has 1 aromatic rings. The highest BCUT2D eigenvalue weighted by Crippen LogP contribution is 2.11. The van der Waals surface area contributed by atoms with Crippen LogP contribution in [-0.2, 0) is 0 Å². The molecular weight excluding hydrogens is 212 g/mol. The monoisotopic (exact) mass is 236 g/mol. The highest BCUT2D eigenvalue weighted by atomic mass is 15.2. The molecule has 0 radical (unpaired) electrons. The molecule has 0 atom stereocenters. The molecule has 0 bridgehead atoms. The van der Waals surface area contributed by atoms with E-state index in [2.05, 4.69) is 22.7 Å². The fraction of sp³-hybridized carbons (Fsp3) is 0.615. The number of nitrogen functional groups attached to an aromatic ring is 1. The van der Waals surface area contributed by atoms with Crippen LogP contribution in [-0.4, -0.2) is 11.5 Å². The van der Waals surface area contributed by atoms with Crippen molar-refractivity contribution >= 4 is 11.5 Å². The second-order valence-corrected chi connectivity index (χ2v) is 4.27. The van der Waals surface area contributed by atoms with Crippen molar-refractivity contribution in [3.05, 3.63) is 18.3 Å². The minimum atomic E-state index is 0.693. The quantitative estimate of drug-likeness (QED) is 0.350. The molecule has 4 heteroatoms. The number of unbranched alkanes of at least 4 members (excludes halogenated alkanes) is 5. The van der Waals surface area contributed by atoms with Gasteiger partial charge in [0, 0.05) is 24.5 Å². The highest BCUT2D eigenvalue weighted by Gasteiger charge is 1.95. The molecule has 1 rings (SSSR count). The molecule has 0 aromatic carbocycles. The topological polar surface area (TPSA) is 63.0 Å². The van der Waals surface area contributed by atoms with E-state index in [4.69, 9.17) is 5.84 Å². The standard InChI is InChI=1S/C13H24N4/c1-2-3-4-5-6-7-9-15-12-8-10-16-13(11-12)17-14/h8,10-11H,2-7,9,14H2,1H3,(H2,15,16,17). The number of nitrogens with two attached hydrogens (primary N) is 1. The van der Waals surface area contributed by atoms with Crippen LogP contribution in [0, 0.1) is 0 Å². The molecule has 96 valence electrons. The molecule has 4 nitrogen and oxygen atoms in total. The van der Waals surface area contributed by atoms with Crippen molar-refractivity contribution in [1.82, 2.24) is 4.98 Å². The molecule has 0 aliphatic carbocycles. The Morgan fingerprint density at radius 1 is 1.18 bits per heavy atom. The zero-order valence-electron chi connectivity index (χ0n) is 10.7. The Kier molecular flexibility index (Phi) is 7.14. The van der Waals surface area contributed by atoms with Crippen LogP contribution in [0.25, 0.3) is 0 Å². The fourth-order valence-electron chi connectivity index (χ4n) is 1.76. The molecule has 0 unspecified atom stereocenters. The molecule has 17 heavy (non-hydrogen) atoms. The summed E-state index contributed by atoms with van der Waals surface area (Å²) >= 11 is 0. The van der Waals surface area contributed by atoms with E-state index in [0.29, 0.717) is 5.82 Å². The van der Waals surface area contributed by atoms with Crippen molar-refractivity contribution < 1.29 is 0 Å². The van der Waals surface area contributed by atoms with Gasteiger partial charge >= 0.3 is 0 Å². The van der Waals surface area contributed by atoms with Crippen molar-refractivity contribution in [2.75, 3.05) is 17.3 Å². The zero-order chi connectivity index (χ0) is 12.3. The first-order valence-electron chi connectivity index (χ1n) is 6.53. The van der Waals surface area contributed by atoms with Crippen LogP contribution in [0.3, 0.4) is 0 Å². The lowest BCUT2D eigenvalue weighted by Gasteiger charge is -2.07. The Bertz CT molecular complexity index is 301. The van der Waals surface area contributed by atoms with Crippen LogP contribution >= 0.6 is 0 Å². The first-order chi connectivity index (χ1) is 8.36. The normalized spacial score (nSPS) is 10.2. The Morgan fingerprint density at radius 3 is 2.71 bits per heavy atom. The average Bonchev–Trinajstić information content (AvgIpc) is 2.38. The summed E-state index contributed by atoms with van der Waals surface area (Å²) in [5, 5.41) is 3.37. The summed E-state index contributed by atoms with van der Waals surface area (Å²) in [4.78, 5) is 4.06. The lowest BCUT2D eigenvalue weighted by molar-refractivity contribution is 0.617. The van der Waals surface area contributed by atoms with E-state index in [1.165, 1.54) is 38.5 Å². The predicted molar refractivity (Wildman–Crippen MR) is 73.9 cm³/mol. The van der Waals surface area contributed by atoms with Gasteiger partial charge in [0.1, 0.15) is 5.82 Å². The number of rotatable bonds is 9. The lowest BCUT2D eigenvalue weighted by atomic mass is 10.1. The van der Waals surface area contributed by atoms with Crippen LogP contribution in [0.1, 0.15) is 45.4 Å². The Labute approximate surface area is 104 Å². The third kappa shape index (κ3) is 6.12. The fourth-order valence-corrected chi connectivity index (χ4v) is 1.76. The molecule has 4 N–H and O–H groups in total. The van der Waals surface area contributed by atoms with Crippen molar-refractivity contribution in [1.29, 1.82) is 0 Å². The maximum atomic E-state index is 5.30. The van der Waals surface area contributed by atoms with Crippen LogP contribution in [0.4, 0.5) is 11.5 Å². The molecule has 0 aliphatic heterocycles. The van der Waals surface area contributed by atoms with E-state index in [0.717, 1.165) is 12.2 Å². The second-order valence-electron chi connectivity index (χ2n) is 4.27. The third-order valence-electron chi connectivity index (χ3n) is 2.77. The number of pyridine rings is 1. The van der Waals surface area contributed by atoms with Gasteiger partial charge in [-0.1, -0.05) is 39.0 Å². The largest absolute Gasteiger partial charge is 0.385 e. The second kappa shape index (κ2) is 8.82. The maximum absolute atomic E-state index is 5.30. The van der Waals surface area contributed by atoms with Gasteiger partial charge in [-0.2, -0.15) is 0 Å². The van der Waals surface area contributed by atoms with Gasteiger partial charge in [0.15, 0.2) is 0 Å². The maximum Gasteiger partial charge on any atom is 0.141 e. The van der Waals surface area contributed by atoms with Crippen molar-refractivity contribution in [2.45, 2.75) is 45.4 Å². The average molecular weight is 236 g/mol. The van der Waals surface area contributed by atoms with E-state index >= 15 is 0 Å². The van der Waals surface area contributed by atoms with Crippen molar-refractivity contribution in [3.63, 3.8) is 0 Å². The molecule has 1 heterocycles. The first kappa shape index (κ1) is 13.8. The number of anilines is 2. The van der Waals surface area contributed by atoms with Crippen LogP contribution in [0.2, 0.25) is 0 Å². The van der Waals surface area contributed by atoms with Gasteiger partial charge < -0.3 is 10.7 Å². The number of nitrogens with zero attached hydrogens (tertiary/aromatic N) is 1. The molecule has 1 aromatic heterocycles. The molecular formula is C13H24N4. The summed E-state index contributed by atoms with van der Waals surface area (Å²) in [6.45, 7) is 3.26. The minimum absolute atomic E-state index is 0.693. The molecule has 0 spiro atoms. The molecule has 0 saturated carbocycles. The summed E-state index contributed by atoms with van der Waals surface area (Å²) in [6, 6.07) is 3.87. The van der Waals surface area contributed by atoms with Crippen molar-refractivity contribution in [2.24, 2.45) is 5.84 Å². The van der Waals surface area contributed by atoms with E-state index < -0.39 is 0 Å². The number of hydrogen-bond acceptors (Lipinski definition) is 4. The van der Waals surface area contributed by atoms with Crippen molar-refractivity contribution in [3.8, 4) is 0 Å². The smallest absolute Gasteiger partial charge is 0.141 e. The Balaban J connectivity index is 2.09. The van der Waals surface area contributed by atoms with Gasteiger partial charge in [-0.15, -0.1) is 0 Å². The number of hydrazine groups is 1. The highest BCUT2D eigenvalue weighted by molar-refractivity contribution is 5.51. The zero-order valence-corrected chi connectivity index (χ0v) is 10.7. The van der Waals surface area contributed by atoms with Crippen LogP contribution < -0.4 is 16.6 Å². The summed E-state index contributed by atoms with van der Waals surface area (Å²) in [7, 11) is 0. The molecule has 0 saturated heterocycles. The van der Waals surface area contributed by atoms with E-state index in [1.807, 2.05) is 12.1 Å².